The van der Waals surface area contributed by atoms with E-state index in [4.69, 9.17) is 9.26 Å². The van der Waals surface area contributed by atoms with E-state index in [2.05, 4.69) is 5.16 Å². The third-order valence-electron chi connectivity index (χ3n) is 4.24. The Balaban J connectivity index is 1.56. The van der Waals surface area contributed by atoms with Crippen LogP contribution in [-0.2, 0) is 11.3 Å². The van der Waals surface area contributed by atoms with E-state index in [1.165, 1.54) is 30.3 Å². The van der Waals surface area contributed by atoms with Crippen molar-refractivity contribution in [1.82, 2.24) is 5.16 Å². The zero-order chi connectivity index (χ0) is 19.8. The lowest BCUT2D eigenvalue weighted by molar-refractivity contribution is 0.0464. The van der Waals surface area contributed by atoms with Gasteiger partial charge in [-0.15, -0.1) is 0 Å². The van der Waals surface area contributed by atoms with Gasteiger partial charge in [-0.1, -0.05) is 5.16 Å². The quantitative estimate of drug-likeness (QED) is 0.510. The topological polar surface area (TPSA) is 89.7 Å². The molecule has 0 spiro atoms. The van der Waals surface area contributed by atoms with Crippen LogP contribution in [0.4, 0.5) is 10.1 Å². The number of hydrogen-bond acceptors (Lipinski definition) is 6. The van der Waals surface area contributed by atoms with Crippen LogP contribution < -0.4 is 4.90 Å². The Morgan fingerprint density at radius 1 is 1.07 bits per heavy atom. The molecule has 1 aromatic heterocycles. The van der Waals surface area contributed by atoms with Crippen molar-refractivity contribution in [1.29, 1.82) is 0 Å². The number of imide groups is 1. The largest absolute Gasteiger partial charge is 0.455 e. The third kappa shape index (κ3) is 3.05. The summed E-state index contributed by atoms with van der Waals surface area (Å²) in [5.41, 5.74) is 1.08. The number of esters is 1. The van der Waals surface area contributed by atoms with Crippen LogP contribution in [0.5, 0.6) is 0 Å². The number of halogens is 1. The van der Waals surface area contributed by atoms with Crippen molar-refractivity contribution in [2.75, 3.05) is 4.90 Å². The van der Waals surface area contributed by atoms with E-state index in [0.29, 0.717) is 11.5 Å². The first-order chi connectivity index (χ1) is 13.4. The van der Waals surface area contributed by atoms with Gasteiger partial charge in [-0.25, -0.2) is 14.1 Å². The molecule has 0 fully saturated rings. The summed E-state index contributed by atoms with van der Waals surface area (Å²) in [5.74, 6) is -1.68. The number of ether oxygens (including phenoxy) is 1. The smallest absolute Gasteiger partial charge is 0.338 e. The second kappa shape index (κ2) is 6.73. The van der Waals surface area contributed by atoms with Crippen LogP contribution >= 0.6 is 0 Å². The molecule has 0 radical (unpaired) electrons. The number of hydrogen-bond donors (Lipinski definition) is 0. The van der Waals surface area contributed by atoms with E-state index in [9.17, 15) is 18.8 Å². The first-order valence-electron chi connectivity index (χ1n) is 8.32. The minimum absolute atomic E-state index is 0.0815. The predicted molar refractivity (Wildman–Crippen MR) is 94.3 cm³/mol. The molecular formula is C20H13FN2O5. The molecule has 0 N–H and O–H groups in total. The van der Waals surface area contributed by atoms with Gasteiger partial charge < -0.3 is 9.26 Å². The van der Waals surface area contributed by atoms with Gasteiger partial charge in [0.1, 0.15) is 23.9 Å². The highest BCUT2D eigenvalue weighted by Gasteiger charge is 2.37. The lowest BCUT2D eigenvalue weighted by Crippen LogP contribution is -2.29. The van der Waals surface area contributed by atoms with Crippen molar-refractivity contribution in [2.45, 2.75) is 13.5 Å². The maximum atomic E-state index is 13.1. The maximum absolute atomic E-state index is 13.1. The number of fused-ring (bicyclic) bond motifs is 1. The molecule has 0 saturated heterocycles. The molecular weight excluding hydrogens is 367 g/mol. The van der Waals surface area contributed by atoms with Crippen molar-refractivity contribution in [2.24, 2.45) is 0 Å². The molecule has 2 aromatic carbocycles. The van der Waals surface area contributed by atoms with Crippen molar-refractivity contribution >= 4 is 23.5 Å². The van der Waals surface area contributed by atoms with Gasteiger partial charge in [-0.05, 0) is 49.4 Å². The van der Waals surface area contributed by atoms with Gasteiger partial charge in [0.25, 0.3) is 11.8 Å². The first-order valence-corrected chi connectivity index (χ1v) is 8.32. The van der Waals surface area contributed by atoms with Gasteiger partial charge in [-0.2, -0.15) is 0 Å². The molecule has 7 nitrogen and oxygen atoms in total. The number of benzene rings is 2. The molecule has 0 saturated carbocycles. The molecule has 0 atom stereocenters. The summed E-state index contributed by atoms with van der Waals surface area (Å²) in [5, 5.41) is 3.73. The van der Waals surface area contributed by atoms with Crippen molar-refractivity contribution in [3.05, 3.63) is 82.5 Å². The van der Waals surface area contributed by atoms with Crippen molar-refractivity contribution in [3.8, 4) is 0 Å². The number of aryl methyl sites for hydroxylation is 1. The Morgan fingerprint density at radius 2 is 1.79 bits per heavy atom. The highest BCUT2D eigenvalue weighted by Crippen LogP contribution is 2.29. The van der Waals surface area contributed by atoms with Gasteiger partial charge in [0, 0.05) is 6.07 Å². The number of amides is 2. The summed E-state index contributed by atoms with van der Waals surface area (Å²) in [6.07, 6.45) is 0. The van der Waals surface area contributed by atoms with E-state index in [1.54, 1.807) is 13.0 Å². The highest BCUT2D eigenvalue weighted by atomic mass is 19.1. The van der Waals surface area contributed by atoms with Crippen molar-refractivity contribution < 1.29 is 28.0 Å². The highest BCUT2D eigenvalue weighted by molar-refractivity contribution is 6.34. The summed E-state index contributed by atoms with van der Waals surface area (Å²) in [6, 6.07) is 10.8. The fourth-order valence-electron chi connectivity index (χ4n) is 2.90. The lowest BCUT2D eigenvalue weighted by Gasteiger charge is -2.13. The number of nitrogens with zero attached hydrogens (tertiary/aromatic N) is 2. The summed E-state index contributed by atoms with van der Waals surface area (Å²) in [7, 11) is 0. The minimum Gasteiger partial charge on any atom is -0.455 e. The molecule has 28 heavy (non-hydrogen) atoms. The Morgan fingerprint density at radius 3 is 2.46 bits per heavy atom. The molecule has 0 aliphatic carbocycles. The summed E-state index contributed by atoms with van der Waals surface area (Å²) in [4.78, 5) is 38.5. The molecule has 4 rings (SSSR count). The molecule has 2 heterocycles. The number of carbonyl (C=O) groups is 3. The van der Waals surface area contributed by atoms with Gasteiger partial charge in [-0.3, -0.25) is 9.59 Å². The second-order valence-electron chi connectivity index (χ2n) is 6.19. The molecule has 1 aliphatic heterocycles. The number of carbonyl (C=O) groups excluding carboxylic acids is 3. The number of anilines is 1. The molecule has 1 aliphatic rings. The molecule has 140 valence electrons. The minimum atomic E-state index is -0.663. The van der Waals surface area contributed by atoms with Crippen LogP contribution in [0.25, 0.3) is 0 Å². The zero-order valence-corrected chi connectivity index (χ0v) is 14.6. The fourth-order valence-corrected chi connectivity index (χ4v) is 2.90. The molecule has 8 heteroatoms. The molecule has 0 unspecified atom stereocenters. The van der Waals surface area contributed by atoms with E-state index >= 15 is 0 Å². The summed E-state index contributed by atoms with van der Waals surface area (Å²) < 4.78 is 23.2. The first kappa shape index (κ1) is 17.6. The third-order valence-corrected chi connectivity index (χ3v) is 4.24. The monoisotopic (exact) mass is 380 g/mol. The summed E-state index contributed by atoms with van der Waals surface area (Å²) >= 11 is 0. The lowest BCUT2D eigenvalue weighted by atomic mass is 10.1. The SMILES string of the molecule is Cc1cc(COC(=O)c2ccc3c(c2)C(=O)N(c2ccc(F)cc2)C3=O)no1. The van der Waals surface area contributed by atoms with E-state index in [-0.39, 0.29) is 29.0 Å². The van der Waals surface area contributed by atoms with Crippen LogP contribution in [0.3, 0.4) is 0 Å². The predicted octanol–water partition coefficient (Wildman–Crippen LogP) is 3.28. The van der Waals surface area contributed by atoms with Crippen LogP contribution in [0.15, 0.2) is 53.1 Å². The van der Waals surface area contributed by atoms with E-state index < -0.39 is 23.6 Å². The Bertz CT molecular complexity index is 1100. The van der Waals surface area contributed by atoms with Crippen LogP contribution in [0.1, 0.15) is 42.5 Å². The maximum Gasteiger partial charge on any atom is 0.338 e. The van der Waals surface area contributed by atoms with E-state index in [0.717, 1.165) is 17.0 Å². The van der Waals surface area contributed by atoms with Crippen molar-refractivity contribution in [3.63, 3.8) is 0 Å². The van der Waals surface area contributed by atoms with E-state index in [1.807, 2.05) is 0 Å². The van der Waals surface area contributed by atoms with Crippen LogP contribution in [-0.4, -0.2) is 22.9 Å². The fraction of sp³-hybridized carbons (Fsp3) is 0.100. The standard InChI is InChI=1S/C20H13FN2O5/c1-11-8-14(22-28-11)10-27-20(26)12-2-7-16-17(9-12)19(25)23(18(16)24)15-5-3-13(21)4-6-15/h2-9H,10H2,1H3. The van der Waals surface area contributed by atoms with Gasteiger partial charge in [0.2, 0.25) is 0 Å². The van der Waals surface area contributed by atoms with Crippen LogP contribution in [0.2, 0.25) is 0 Å². The number of aromatic nitrogens is 1. The van der Waals surface area contributed by atoms with Crippen LogP contribution in [0, 0.1) is 12.7 Å². The van der Waals surface area contributed by atoms with Gasteiger partial charge >= 0.3 is 5.97 Å². The second-order valence-corrected chi connectivity index (χ2v) is 6.19. The van der Waals surface area contributed by atoms with Gasteiger partial charge in [0.05, 0.1) is 22.4 Å². The molecule has 2 amide bonds. The molecule has 3 aromatic rings. The average molecular weight is 380 g/mol. The molecule has 0 bridgehead atoms. The number of rotatable bonds is 4. The van der Waals surface area contributed by atoms with Gasteiger partial charge in [0.15, 0.2) is 0 Å². The Hall–Kier alpha value is -3.81. The summed E-state index contributed by atoms with van der Waals surface area (Å²) in [6.45, 7) is 1.64. The Kier molecular flexibility index (Phi) is 4.23. The Labute approximate surface area is 158 Å². The average Bonchev–Trinajstić information content (AvgIpc) is 3.22. The normalized spacial score (nSPS) is 13.0. The zero-order valence-electron chi connectivity index (χ0n) is 14.6.